The number of ether oxygens (including phenoxy) is 1. The van der Waals surface area contributed by atoms with E-state index >= 15 is 0 Å². The Morgan fingerprint density at radius 1 is 1.42 bits per heavy atom. The van der Waals surface area contributed by atoms with E-state index < -0.39 is 0 Å². The highest BCUT2D eigenvalue weighted by Crippen LogP contribution is 2.06. The zero-order valence-electron chi connectivity index (χ0n) is 11.2. The van der Waals surface area contributed by atoms with Crippen LogP contribution in [0.5, 0.6) is 0 Å². The molecule has 19 heavy (non-hydrogen) atoms. The first kappa shape index (κ1) is 15.5. The molecule has 0 radical (unpaired) electrons. The van der Waals surface area contributed by atoms with Gasteiger partial charge in [0.05, 0.1) is 19.7 Å². The minimum absolute atomic E-state index is 0.0869. The summed E-state index contributed by atoms with van der Waals surface area (Å²) in [5, 5.41) is 10.8. The Kier molecular flexibility index (Phi) is 7.60. The number of carbonyl (C=O) groups excluding carboxylic acids is 1. The van der Waals surface area contributed by atoms with Crippen molar-refractivity contribution in [1.29, 1.82) is 0 Å². The van der Waals surface area contributed by atoms with E-state index in [1.807, 2.05) is 17.5 Å². The molecule has 6 nitrogen and oxygen atoms in total. The fourth-order valence-electron chi connectivity index (χ4n) is 1.32. The van der Waals surface area contributed by atoms with Gasteiger partial charge in [0.25, 0.3) is 0 Å². The second kappa shape index (κ2) is 9.35. The number of hydrogen-bond acceptors (Lipinski definition) is 4. The molecule has 106 valence electrons. The Morgan fingerprint density at radius 3 is 2.89 bits per heavy atom. The Hall–Kier alpha value is -1.60. The molecule has 0 unspecified atom stereocenters. The summed E-state index contributed by atoms with van der Waals surface area (Å²) in [5.74, 6) is 0.520. The van der Waals surface area contributed by atoms with Gasteiger partial charge in [-0.25, -0.2) is 0 Å². The molecule has 1 aromatic heterocycles. The van der Waals surface area contributed by atoms with Crippen LogP contribution in [-0.4, -0.2) is 45.7 Å². The van der Waals surface area contributed by atoms with Crippen molar-refractivity contribution < 1.29 is 9.53 Å². The van der Waals surface area contributed by atoms with Gasteiger partial charge in [-0.3, -0.25) is 9.79 Å². The number of amides is 1. The molecule has 0 saturated heterocycles. The van der Waals surface area contributed by atoms with Crippen molar-refractivity contribution in [3.63, 3.8) is 0 Å². The van der Waals surface area contributed by atoms with Gasteiger partial charge in [-0.05, 0) is 11.4 Å². The van der Waals surface area contributed by atoms with Crippen LogP contribution in [0.3, 0.4) is 0 Å². The van der Waals surface area contributed by atoms with Crippen molar-refractivity contribution in [2.75, 3.05) is 33.9 Å². The summed E-state index contributed by atoms with van der Waals surface area (Å²) in [6.45, 7) is 1.91. The van der Waals surface area contributed by atoms with Gasteiger partial charge in [0.1, 0.15) is 0 Å². The molecule has 3 N–H and O–H groups in total. The zero-order chi connectivity index (χ0) is 13.9. The molecule has 0 aliphatic heterocycles. The first-order valence-corrected chi connectivity index (χ1v) is 6.86. The van der Waals surface area contributed by atoms with Crippen molar-refractivity contribution >= 4 is 23.2 Å². The lowest BCUT2D eigenvalue weighted by atomic mass is 10.4. The van der Waals surface area contributed by atoms with Crippen LogP contribution in [0.4, 0.5) is 0 Å². The molecule has 0 atom stereocenters. The van der Waals surface area contributed by atoms with Crippen molar-refractivity contribution in [3.05, 3.63) is 22.4 Å². The highest BCUT2D eigenvalue weighted by atomic mass is 32.1. The molecule has 7 heteroatoms. The highest BCUT2D eigenvalue weighted by Gasteiger charge is 2.03. The SMILES string of the molecule is CN=C(NCC(=O)NCCOC)NCc1cccs1. The summed E-state index contributed by atoms with van der Waals surface area (Å²) >= 11 is 1.67. The molecule has 1 rings (SSSR count). The van der Waals surface area contributed by atoms with Crippen LogP contribution in [0.15, 0.2) is 22.5 Å². The summed E-state index contributed by atoms with van der Waals surface area (Å²) in [6.07, 6.45) is 0. The molecule has 0 fully saturated rings. The summed E-state index contributed by atoms with van der Waals surface area (Å²) in [5.41, 5.74) is 0. The van der Waals surface area contributed by atoms with Gasteiger partial charge < -0.3 is 20.7 Å². The summed E-state index contributed by atoms with van der Waals surface area (Å²) in [4.78, 5) is 16.7. The number of rotatable bonds is 7. The standard InChI is InChI=1S/C12H20N4O2S/c1-13-12(15-8-10-4-3-7-19-10)16-9-11(17)14-5-6-18-2/h3-4,7H,5-6,8-9H2,1-2H3,(H,14,17)(H2,13,15,16). The van der Waals surface area contributed by atoms with Gasteiger partial charge in [-0.1, -0.05) is 6.07 Å². The van der Waals surface area contributed by atoms with Gasteiger partial charge in [0.15, 0.2) is 5.96 Å². The number of nitrogens with one attached hydrogen (secondary N) is 3. The Morgan fingerprint density at radius 2 is 2.26 bits per heavy atom. The number of guanidine groups is 1. The lowest BCUT2D eigenvalue weighted by Crippen LogP contribution is -2.43. The van der Waals surface area contributed by atoms with E-state index in [4.69, 9.17) is 4.74 Å². The van der Waals surface area contributed by atoms with E-state index in [1.165, 1.54) is 4.88 Å². The zero-order valence-corrected chi connectivity index (χ0v) is 12.0. The van der Waals surface area contributed by atoms with Crippen LogP contribution in [0.2, 0.25) is 0 Å². The third-order valence-corrected chi connectivity index (χ3v) is 3.15. The van der Waals surface area contributed by atoms with Gasteiger partial charge in [-0.2, -0.15) is 0 Å². The number of thiophene rings is 1. The minimum atomic E-state index is -0.0869. The molecule has 0 aliphatic rings. The van der Waals surface area contributed by atoms with E-state index in [0.29, 0.717) is 25.7 Å². The Bertz CT molecular complexity index is 392. The normalized spacial score (nSPS) is 11.2. The molecule has 1 heterocycles. The minimum Gasteiger partial charge on any atom is -0.383 e. The first-order chi connectivity index (χ1) is 9.26. The maximum Gasteiger partial charge on any atom is 0.239 e. The van der Waals surface area contributed by atoms with Crippen molar-refractivity contribution in [1.82, 2.24) is 16.0 Å². The quantitative estimate of drug-likeness (QED) is 0.379. The first-order valence-electron chi connectivity index (χ1n) is 5.98. The third-order valence-electron chi connectivity index (χ3n) is 2.28. The molecule has 0 aromatic carbocycles. The Labute approximate surface area is 117 Å². The molecule has 1 amide bonds. The second-order valence-electron chi connectivity index (χ2n) is 3.70. The number of aliphatic imine (C=N–C) groups is 1. The van der Waals surface area contributed by atoms with E-state index in [0.717, 1.165) is 0 Å². The Balaban J connectivity index is 2.19. The topological polar surface area (TPSA) is 74.8 Å². The summed E-state index contributed by atoms with van der Waals surface area (Å²) in [7, 11) is 3.27. The average Bonchev–Trinajstić information content (AvgIpc) is 2.92. The molecule has 0 saturated carbocycles. The van der Waals surface area contributed by atoms with E-state index in [9.17, 15) is 4.79 Å². The predicted octanol–water partition coefficient (Wildman–Crippen LogP) is 0.176. The van der Waals surface area contributed by atoms with Gasteiger partial charge in [0, 0.05) is 25.6 Å². The highest BCUT2D eigenvalue weighted by molar-refractivity contribution is 7.09. The molecule has 1 aromatic rings. The molecule has 0 aliphatic carbocycles. The van der Waals surface area contributed by atoms with Crippen LogP contribution in [0.25, 0.3) is 0 Å². The van der Waals surface area contributed by atoms with E-state index in [-0.39, 0.29) is 12.5 Å². The average molecular weight is 284 g/mol. The fraction of sp³-hybridized carbons (Fsp3) is 0.500. The van der Waals surface area contributed by atoms with Gasteiger partial charge in [0.2, 0.25) is 5.91 Å². The number of nitrogens with zero attached hydrogens (tertiary/aromatic N) is 1. The maximum absolute atomic E-state index is 11.5. The molecule has 0 bridgehead atoms. The molecule has 0 spiro atoms. The predicted molar refractivity (Wildman–Crippen MR) is 77.4 cm³/mol. The van der Waals surface area contributed by atoms with E-state index in [2.05, 4.69) is 20.9 Å². The van der Waals surface area contributed by atoms with Crippen LogP contribution in [0.1, 0.15) is 4.88 Å². The van der Waals surface area contributed by atoms with Crippen molar-refractivity contribution in [2.45, 2.75) is 6.54 Å². The number of hydrogen-bond donors (Lipinski definition) is 3. The monoisotopic (exact) mass is 284 g/mol. The van der Waals surface area contributed by atoms with Gasteiger partial charge in [-0.15, -0.1) is 11.3 Å². The smallest absolute Gasteiger partial charge is 0.239 e. The third kappa shape index (κ3) is 6.78. The van der Waals surface area contributed by atoms with Crippen LogP contribution in [-0.2, 0) is 16.1 Å². The van der Waals surface area contributed by atoms with Crippen LogP contribution in [0, 0.1) is 0 Å². The van der Waals surface area contributed by atoms with Crippen LogP contribution >= 0.6 is 11.3 Å². The number of methoxy groups -OCH3 is 1. The summed E-state index contributed by atoms with van der Waals surface area (Å²) in [6, 6.07) is 4.05. The maximum atomic E-state index is 11.5. The van der Waals surface area contributed by atoms with Crippen molar-refractivity contribution in [2.24, 2.45) is 4.99 Å². The van der Waals surface area contributed by atoms with Gasteiger partial charge >= 0.3 is 0 Å². The largest absolute Gasteiger partial charge is 0.383 e. The van der Waals surface area contributed by atoms with Crippen LogP contribution < -0.4 is 16.0 Å². The summed E-state index contributed by atoms with van der Waals surface area (Å²) < 4.78 is 4.85. The molecular weight excluding hydrogens is 264 g/mol. The van der Waals surface area contributed by atoms with E-state index in [1.54, 1.807) is 25.5 Å². The lowest BCUT2D eigenvalue weighted by molar-refractivity contribution is -0.120. The number of carbonyl (C=O) groups is 1. The molecular formula is C12H20N4O2S. The lowest BCUT2D eigenvalue weighted by Gasteiger charge is -2.11. The second-order valence-corrected chi connectivity index (χ2v) is 4.73. The van der Waals surface area contributed by atoms with Crippen molar-refractivity contribution in [3.8, 4) is 0 Å². The fourth-order valence-corrected chi connectivity index (χ4v) is 1.97.